The molecule has 0 aliphatic heterocycles. The Hall–Kier alpha value is -1.56. The molecule has 3 nitrogen and oxygen atoms in total. The lowest BCUT2D eigenvalue weighted by atomic mass is 10.0. The van der Waals surface area contributed by atoms with Gasteiger partial charge in [0.15, 0.2) is 0 Å². The maximum absolute atomic E-state index is 11.4. The van der Waals surface area contributed by atoms with Crippen molar-refractivity contribution in [2.24, 2.45) is 5.41 Å². The van der Waals surface area contributed by atoms with Crippen LogP contribution >= 0.6 is 0 Å². The SMILES string of the molecule is C#CCN(C=O)C(=O)CCC1(C)C=C1. The van der Waals surface area contributed by atoms with Crippen molar-refractivity contribution in [2.75, 3.05) is 6.54 Å². The molecule has 0 atom stereocenters. The number of carbonyl (C=O) groups excluding carboxylic acids is 2. The first-order valence-corrected chi connectivity index (χ1v) is 4.50. The van der Waals surface area contributed by atoms with Crippen LogP contribution < -0.4 is 0 Å². The lowest BCUT2D eigenvalue weighted by Gasteiger charge is -2.13. The van der Waals surface area contributed by atoms with Gasteiger partial charge in [0.1, 0.15) is 0 Å². The predicted octanol–water partition coefficient (Wildman–Crippen LogP) is 0.961. The zero-order chi connectivity index (χ0) is 10.6. The van der Waals surface area contributed by atoms with Gasteiger partial charge in [0.2, 0.25) is 12.3 Å². The highest BCUT2D eigenvalue weighted by Gasteiger charge is 2.28. The van der Waals surface area contributed by atoms with E-state index in [9.17, 15) is 9.59 Å². The monoisotopic (exact) mass is 191 g/mol. The quantitative estimate of drug-likeness (QED) is 0.369. The molecule has 74 valence electrons. The third kappa shape index (κ3) is 2.74. The van der Waals surface area contributed by atoms with Gasteiger partial charge in [0, 0.05) is 11.8 Å². The Bertz CT molecular complexity index is 306. The fourth-order valence-electron chi connectivity index (χ4n) is 1.11. The smallest absolute Gasteiger partial charge is 0.229 e. The van der Waals surface area contributed by atoms with Crippen molar-refractivity contribution >= 4 is 12.3 Å². The van der Waals surface area contributed by atoms with E-state index >= 15 is 0 Å². The average molecular weight is 191 g/mol. The molecular weight excluding hydrogens is 178 g/mol. The molecule has 1 aliphatic carbocycles. The number of allylic oxidation sites excluding steroid dienone is 2. The molecule has 0 spiro atoms. The molecule has 14 heavy (non-hydrogen) atoms. The summed E-state index contributed by atoms with van der Waals surface area (Å²) in [6, 6.07) is 0. The molecule has 1 rings (SSSR count). The Balaban J connectivity index is 2.32. The second kappa shape index (κ2) is 4.10. The van der Waals surface area contributed by atoms with E-state index in [4.69, 9.17) is 6.42 Å². The van der Waals surface area contributed by atoms with E-state index < -0.39 is 0 Å². The first kappa shape index (κ1) is 10.5. The molecule has 0 aromatic heterocycles. The average Bonchev–Trinajstić information content (AvgIpc) is 2.90. The Morgan fingerprint density at radius 3 is 2.71 bits per heavy atom. The Morgan fingerprint density at radius 1 is 1.64 bits per heavy atom. The van der Waals surface area contributed by atoms with Crippen molar-refractivity contribution < 1.29 is 9.59 Å². The summed E-state index contributed by atoms with van der Waals surface area (Å²) in [5, 5.41) is 0. The second-order valence-electron chi connectivity index (χ2n) is 3.67. The summed E-state index contributed by atoms with van der Waals surface area (Å²) in [7, 11) is 0. The van der Waals surface area contributed by atoms with Gasteiger partial charge in [-0.25, -0.2) is 0 Å². The predicted molar refractivity (Wildman–Crippen MR) is 53.1 cm³/mol. The third-order valence-electron chi connectivity index (χ3n) is 2.32. The Morgan fingerprint density at radius 2 is 2.29 bits per heavy atom. The fraction of sp³-hybridized carbons (Fsp3) is 0.455. The van der Waals surface area contributed by atoms with Crippen molar-refractivity contribution in [1.29, 1.82) is 0 Å². The third-order valence-corrected chi connectivity index (χ3v) is 2.32. The molecule has 0 aromatic carbocycles. The van der Waals surface area contributed by atoms with Crippen LogP contribution in [-0.2, 0) is 9.59 Å². The van der Waals surface area contributed by atoms with E-state index in [2.05, 4.69) is 5.92 Å². The van der Waals surface area contributed by atoms with Crippen molar-refractivity contribution in [3.05, 3.63) is 12.2 Å². The van der Waals surface area contributed by atoms with E-state index in [1.54, 1.807) is 0 Å². The number of nitrogens with zero attached hydrogens (tertiary/aromatic N) is 1. The lowest BCUT2D eigenvalue weighted by Crippen LogP contribution is -2.30. The molecule has 2 amide bonds. The molecular formula is C11H13NO2. The Kier molecular flexibility index (Phi) is 3.08. The largest absolute Gasteiger partial charge is 0.278 e. The molecule has 3 heteroatoms. The molecule has 0 fully saturated rings. The summed E-state index contributed by atoms with van der Waals surface area (Å²) in [6.45, 7) is 2.11. The van der Waals surface area contributed by atoms with Crippen LogP contribution in [0.3, 0.4) is 0 Å². The number of amides is 2. The molecule has 0 saturated heterocycles. The molecule has 0 unspecified atom stereocenters. The van der Waals surface area contributed by atoms with Gasteiger partial charge in [0.25, 0.3) is 0 Å². The highest BCUT2D eigenvalue weighted by Crippen LogP contribution is 2.38. The zero-order valence-electron chi connectivity index (χ0n) is 8.19. The van der Waals surface area contributed by atoms with Crippen LogP contribution in [0, 0.1) is 17.8 Å². The maximum Gasteiger partial charge on any atom is 0.229 e. The van der Waals surface area contributed by atoms with Gasteiger partial charge in [-0.3, -0.25) is 14.5 Å². The van der Waals surface area contributed by atoms with E-state index in [1.807, 2.05) is 19.1 Å². The zero-order valence-corrected chi connectivity index (χ0v) is 8.19. The number of hydrogen-bond acceptors (Lipinski definition) is 2. The van der Waals surface area contributed by atoms with E-state index in [0.717, 1.165) is 11.3 Å². The molecule has 0 N–H and O–H groups in total. The molecule has 0 bridgehead atoms. The summed E-state index contributed by atoms with van der Waals surface area (Å²) < 4.78 is 0. The van der Waals surface area contributed by atoms with E-state index in [0.29, 0.717) is 12.8 Å². The fourth-order valence-corrected chi connectivity index (χ4v) is 1.11. The minimum atomic E-state index is -0.201. The van der Waals surface area contributed by atoms with Gasteiger partial charge >= 0.3 is 0 Å². The molecule has 0 saturated carbocycles. The first-order chi connectivity index (χ1) is 6.61. The van der Waals surface area contributed by atoms with Crippen molar-refractivity contribution in [3.63, 3.8) is 0 Å². The van der Waals surface area contributed by atoms with Gasteiger partial charge in [-0.1, -0.05) is 25.0 Å². The van der Waals surface area contributed by atoms with Crippen LogP contribution in [0.4, 0.5) is 0 Å². The number of imide groups is 1. The Labute approximate surface area is 83.8 Å². The second-order valence-corrected chi connectivity index (χ2v) is 3.67. The summed E-state index contributed by atoms with van der Waals surface area (Å²) in [5.41, 5.74) is 0.0976. The summed E-state index contributed by atoms with van der Waals surface area (Å²) >= 11 is 0. The molecule has 0 aromatic rings. The number of rotatable bonds is 5. The normalized spacial score (nSPS) is 15.7. The first-order valence-electron chi connectivity index (χ1n) is 4.50. The molecule has 0 heterocycles. The lowest BCUT2D eigenvalue weighted by molar-refractivity contribution is -0.137. The highest BCUT2D eigenvalue weighted by atomic mass is 16.2. The van der Waals surface area contributed by atoms with Gasteiger partial charge in [-0.05, 0) is 6.42 Å². The van der Waals surface area contributed by atoms with Crippen LogP contribution in [0.2, 0.25) is 0 Å². The standard InChI is InChI=1S/C11H13NO2/c1-3-8-12(9-13)10(14)4-5-11(2)6-7-11/h1,6-7,9H,4-5,8H2,2H3. The van der Waals surface area contributed by atoms with Crippen LogP contribution in [-0.4, -0.2) is 23.8 Å². The summed E-state index contributed by atoms with van der Waals surface area (Å²) in [5.74, 6) is 2.07. The number of terminal acetylenes is 1. The van der Waals surface area contributed by atoms with Crippen molar-refractivity contribution in [1.82, 2.24) is 4.90 Å². The van der Waals surface area contributed by atoms with Crippen molar-refractivity contribution in [3.8, 4) is 12.3 Å². The summed E-state index contributed by atoms with van der Waals surface area (Å²) in [4.78, 5) is 22.9. The van der Waals surface area contributed by atoms with Crippen LogP contribution in [0.15, 0.2) is 12.2 Å². The highest BCUT2D eigenvalue weighted by molar-refractivity contribution is 5.86. The van der Waals surface area contributed by atoms with Crippen LogP contribution in [0.1, 0.15) is 19.8 Å². The summed E-state index contributed by atoms with van der Waals surface area (Å²) in [6.07, 6.45) is 10.7. The molecule has 0 radical (unpaired) electrons. The minimum Gasteiger partial charge on any atom is -0.278 e. The minimum absolute atomic E-state index is 0.0620. The number of hydrogen-bond donors (Lipinski definition) is 0. The van der Waals surface area contributed by atoms with Gasteiger partial charge in [-0.2, -0.15) is 0 Å². The van der Waals surface area contributed by atoms with Gasteiger partial charge in [-0.15, -0.1) is 6.42 Å². The van der Waals surface area contributed by atoms with Crippen LogP contribution in [0.25, 0.3) is 0 Å². The van der Waals surface area contributed by atoms with E-state index in [1.165, 1.54) is 0 Å². The molecule has 1 aliphatic rings. The van der Waals surface area contributed by atoms with Crippen LogP contribution in [0.5, 0.6) is 0 Å². The maximum atomic E-state index is 11.4. The van der Waals surface area contributed by atoms with Gasteiger partial charge < -0.3 is 0 Å². The van der Waals surface area contributed by atoms with E-state index in [-0.39, 0.29) is 17.9 Å². The topological polar surface area (TPSA) is 37.4 Å². The van der Waals surface area contributed by atoms with Crippen molar-refractivity contribution in [2.45, 2.75) is 19.8 Å². The van der Waals surface area contributed by atoms with Gasteiger partial charge in [0.05, 0.1) is 6.54 Å². The number of carbonyl (C=O) groups is 2.